The maximum absolute atomic E-state index is 12.4. The molecule has 116 valence electrons. The molecule has 0 saturated carbocycles. The zero-order valence-electron chi connectivity index (χ0n) is 11.7. The lowest BCUT2D eigenvalue weighted by atomic mass is 10.0. The number of carbonyl (C=O) groups is 1. The zero-order chi connectivity index (χ0) is 15.5. The SMILES string of the molecule is CN(CC1CCOCC1)S(=O)(=O)c1ccc(C(=O)O)cn1. The molecule has 0 aliphatic carbocycles. The Morgan fingerprint density at radius 2 is 2.10 bits per heavy atom. The van der Waals surface area contributed by atoms with Gasteiger partial charge in [0.15, 0.2) is 5.03 Å². The Balaban J connectivity index is 2.10. The van der Waals surface area contributed by atoms with Crippen molar-refractivity contribution < 1.29 is 23.1 Å². The third kappa shape index (κ3) is 3.78. The average molecular weight is 314 g/mol. The standard InChI is InChI=1S/C13H18N2O5S/c1-15(9-10-4-6-20-7-5-10)21(18,19)12-3-2-11(8-14-12)13(16)17/h2-3,8,10H,4-7,9H2,1H3,(H,16,17). The number of nitrogens with zero attached hydrogens (tertiary/aromatic N) is 2. The van der Waals surface area contributed by atoms with Gasteiger partial charge in [-0.3, -0.25) is 0 Å². The number of sulfonamides is 1. The first-order valence-corrected chi connectivity index (χ1v) is 8.08. The molecule has 1 aliphatic rings. The zero-order valence-corrected chi connectivity index (χ0v) is 12.5. The van der Waals surface area contributed by atoms with E-state index in [1.807, 2.05) is 0 Å². The minimum absolute atomic E-state index is 0.0407. The van der Waals surface area contributed by atoms with Crippen molar-refractivity contribution in [2.75, 3.05) is 26.8 Å². The van der Waals surface area contributed by atoms with E-state index in [0.29, 0.717) is 19.8 Å². The Morgan fingerprint density at radius 1 is 1.43 bits per heavy atom. The number of rotatable bonds is 5. The summed E-state index contributed by atoms with van der Waals surface area (Å²) in [6.45, 7) is 1.72. The molecule has 0 unspecified atom stereocenters. The summed E-state index contributed by atoms with van der Waals surface area (Å²) in [6.07, 6.45) is 2.73. The first-order chi connectivity index (χ1) is 9.91. The van der Waals surface area contributed by atoms with Crippen molar-refractivity contribution in [2.24, 2.45) is 5.92 Å². The number of hydrogen-bond donors (Lipinski definition) is 1. The molecule has 0 amide bonds. The molecule has 2 heterocycles. The van der Waals surface area contributed by atoms with Crippen molar-refractivity contribution in [1.82, 2.24) is 9.29 Å². The normalized spacial score (nSPS) is 17.0. The van der Waals surface area contributed by atoms with Crippen LogP contribution in [-0.4, -0.2) is 55.6 Å². The van der Waals surface area contributed by atoms with Gasteiger partial charge in [0.2, 0.25) is 0 Å². The van der Waals surface area contributed by atoms with Gasteiger partial charge < -0.3 is 9.84 Å². The Bertz CT molecular complexity index is 593. The number of carboxylic acid groups (broad SMARTS) is 1. The molecule has 2 rings (SSSR count). The lowest BCUT2D eigenvalue weighted by molar-refractivity contribution is 0.0620. The van der Waals surface area contributed by atoms with Crippen molar-refractivity contribution in [1.29, 1.82) is 0 Å². The van der Waals surface area contributed by atoms with E-state index < -0.39 is 16.0 Å². The minimum atomic E-state index is -3.69. The molecule has 0 bridgehead atoms. The summed E-state index contributed by atoms with van der Waals surface area (Å²) in [6, 6.07) is 2.46. The fraction of sp³-hybridized carbons (Fsp3) is 0.538. The lowest BCUT2D eigenvalue weighted by Gasteiger charge is -2.26. The van der Waals surface area contributed by atoms with E-state index >= 15 is 0 Å². The Hall–Kier alpha value is -1.51. The van der Waals surface area contributed by atoms with Gasteiger partial charge in [0, 0.05) is 33.0 Å². The van der Waals surface area contributed by atoms with Crippen LogP contribution in [-0.2, 0) is 14.8 Å². The Labute approximate surface area is 123 Å². The highest BCUT2D eigenvalue weighted by atomic mass is 32.2. The van der Waals surface area contributed by atoms with Crippen LogP contribution in [0.1, 0.15) is 23.2 Å². The maximum atomic E-state index is 12.4. The van der Waals surface area contributed by atoms with Crippen LogP contribution in [0, 0.1) is 5.92 Å². The van der Waals surface area contributed by atoms with Crippen molar-refractivity contribution in [2.45, 2.75) is 17.9 Å². The fourth-order valence-electron chi connectivity index (χ4n) is 2.21. The van der Waals surface area contributed by atoms with Crippen LogP contribution in [0.3, 0.4) is 0 Å². The van der Waals surface area contributed by atoms with Crippen LogP contribution >= 0.6 is 0 Å². The second-order valence-corrected chi connectivity index (χ2v) is 7.02. The smallest absolute Gasteiger partial charge is 0.337 e. The van der Waals surface area contributed by atoms with E-state index in [1.165, 1.54) is 23.5 Å². The molecule has 0 spiro atoms. The van der Waals surface area contributed by atoms with Crippen LogP contribution in [0.2, 0.25) is 0 Å². The summed E-state index contributed by atoms with van der Waals surface area (Å²) >= 11 is 0. The number of aromatic nitrogens is 1. The van der Waals surface area contributed by atoms with Crippen molar-refractivity contribution in [3.05, 3.63) is 23.9 Å². The summed E-state index contributed by atoms with van der Waals surface area (Å²) in [7, 11) is -2.18. The van der Waals surface area contributed by atoms with E-state index in [4.69, 9.17) is 9.84 Å². The number of ether oxygens (including phenoxy) is 1. The van der Waals surface area contributed by atoms with Gasteiger partial charge in [-0.2, -0.15) is 4.31 Å². The summed E-state index contributed by atoms with van der Waals surface area (Å²) in [5.41, 5.74) is -0.0407. The van der Waals surface area contributed by atoms with E-state index in [1.54, 1.807) is 0 Å². The van der Waals surface area contributed by atoms with Gasteiger partial charge in [0.05, 0.1) is 5.56 Å². The van der Waals surface area contributed by atoms with E-state index in [0.717, 1.165) is 19.0 Å². The summed E-state index contributed by atoms with van der Waals surface area (Å²) < 4.78 is 31.3. The molecule has 1 aromatic heterocycles. The molecule has 7 nitrogen and oxygen atoms in total. The lowest BCUT2D eigenvalue weighted by Crippen LogP contribution is -2.34. The monoisotopic (exact) mass is 314 g/mol. The third-order valence-corrected chi connectivity index (χ3v) is 5.25. The molecule has 1 fully saturated rings. The van der Waals surface area contributed by atoms with Gasteiger partial charge in [0.1, 0.15) is 0 Å². The largest absolute Gasteiger partial charge is 0.478 e. The third-order valence-electron chi connectivity index (χ3n) is 3.51. The van der Waals surface area contributed by atoms with Crippen LogP contribution in [0.4, 0.5) is 0 Å². The predicted molar refractivity (Wildman–Crippen MR) is 74.6 cm³/mol. The van der Waals surface area contributed by atoms with E-state index in [9.17, 15) is 13.2 Å². The molecule has 0 radical (unpaired) electrons. The van der Waals surface area contributed by atoms with Gasteiger partial charge >= 0.3 is 5.97 Å². The highest BCUT2D eigenvalue weighted by Crippen LogP contribution is 2.19. The molecule has 1 N–H and O–H groups in total. The minimum Gasteiger partial charge on any atom is -0.478 e. The molecule has 8 heteroatoms. The van der Waals surface area contributed by atoms with Crippen LogP contribution in [0.25, 0.3) is 0 Å². The molecular weight excluding hydrogens is 296 g/mol. The van der Waals surface area contributed by atoms with E-state index in [2.05, 4.69) is 4.98 Å². The molecule has 21 heavy (non-hydrogen) atoms. The maximum Gasteiger partial charge on any atom is 0.337 e. The number of hydrogen-bond acceptors (Lipinski definition) is 5. The number of carboxylic acids is 1. The van der Waals surface area contributed by atoms with Gasteiger partial charge in [-0.25, -0.2) is 18.2 Å². The van der Waals surface area contributed by atoms with Gasteiger partial charge in [-0.15, -0.1) is 0 Å². The number of aromatic carboxylic acids is 1. The second kappa shape index (κ2) is 6.50. The van der Waals surface area contributed by atoms with E-state index in [-0.39, 0.29) is 16.5 Å². The second-order valence-electron chi connectivity index (χ2n) is 5.03. The molecule has 1 aliphatic heterocycles. The average Bonchev–Trinajstić information content (AvgIpc) is 2.48. The highest BCUT2D eigenvalue weighted by molar-refractivity contribution is 7.89. The Morgan fingerprint density at radius 3 is 2.62 bits per heavy atom. The summed E-state index contributed by atoms with van der Waals surface area (Å²) in [5, 5.41) is 8.66. The first-order valence-electron chi connectivity index (χ1n) is 6.64. The Kier molecular flexibility index (Phi) is 4.92. The highest BCUT2D eigenvalue weighted by Gasteiger charge is 2.26. The first kappa shape index (κ1) is 15.9. The fourth-order valence-corrected chi connectivity index (χ4v) is 3.36. The van der Waals surface area contributed by atoms with Gasteiger partial charge in [-0.1, -0.05) is 0 Å². The molecule has 1 saturated heterocycles. The molecule has 0 aromatic carbocycles. The van der Waals surface area contributed by atoms with Crippen molar-refractivity contribution >= 4 is 16.0 Å². The van der Waals surface area contributed by atoms with Crippen LogP contribution < -0.4 is 0 Å². The summed E-state index contributed by atoms with van der Waals surface area (Å²) in [4.78, 5) is 14.5. The number of pyridine rings is 1. The summed E-state index contributed by atoms with van der Waals surface area (Å²) in [5.74, 6) is -0.862. The quantitative estimate of drug-likeness (QED) is 0.864. The van der Waals surface area contributed by atoms with Gasteiger partial charge in [0.25, 0.3) is 10.0 Å². The topological polar surface area (TPSA) is 96.8 Å². The van der Waals surface area contributed by atoms with Crippen LogP contribution in [0.5, 0.6) is 0 Å². The molecule has 1 aromatic rings. The van der Waals surface area contributed by atoms with Crippen LogP contribution in [0.15, 0.2) is 23.4 Å². The molecule has 0 atom stereocenters. The van der Waals surface area contributed by atoms with Gasteiger partial charge in [-0.05, 0) is 30.9 Å². The van der Waals surface area contributed by atoms with Crippen molar-refractivity contribution in [3.8, 4) is 0 Å². The molecular formula is C13H18N2O5S. The predicted octanol–water partition coefficient (Wildman–Crippen LogP) is 0.827. The van der Waals surface area contributed by atoms with Crippen molar-refractivity contribution in [3.63, 3.8) is 0 Å².